The number of sulfonamides is 1. The summed E-state index contributed by atoms with van der Waals surface area (Å²) in [6.45, 7) is 7.91. The molecule has 0 saturated heterocycles. The van der Waals surface area contributed by atoms with Crippen molar-refractivity contribution < 1.29 is 32.4 Å². The first-order valence-corrected chi connectivity index (χ1v) is 17.4. The first-order valence-electron chi connectivity index (χ1n) is 15.9. The van der Waals surface area contributed by atoms with Gasteiger partial charge in [-0.2, -0.15) is 0 Å². The first kappa shape index (κ1) is 35.4. The number of aliphatic hydroxyl groups is 1. The standard InChI is InChI=1S/C35H42N6O7S/c1-21-17-41(22(2)20-42)35(44)28-16-27(39-49(45,46)33-23(3)38-48-24(33)4)14-15-31(28)47-32(21)19-40(5)18-25-10-12-26(13-11-25)34(43)37-30-9-7-6-8-29(30)36/h6-16,21-22,32,39,42H,17-20,36H2,1-5H3,(H,37,43)/t21-,22-,32-/m1/s1. The number of aromatic nitrogens is 1. The summed E-state index contributed by atoms with van der Waals surface area (Å²) in [4.78, 5) is 30.2. The Hall–Kier alpha value is -4.92. The molecule has 3 atom stereocenters. The molecule has 2 heterocycles. The Morgan fingerprint density at radius 1 is 1.14 bits per heavy atom. The molecule has 14 heteroatoms. The highest BCUT2D eigenvalue weighted by atomic mass is 32.2. The normalized spacial score (nSPS) is 17.1. The Labute approximate surface area is 286 Å². The number of nitrogens with two attached hydrogens (primary N) is 1. The van der Waals surface area contributed by atoms with Crippen LogP contribution >= 0.6 is 0 Å². The van der Waals surface area contributed by atoms with E-state index in [0.717, 1.165) is 5.56 Å². The van der Waals surface area contributed by atoms with E-state index in [9.17, 15) is 23.1 Å². The van der Waals surface area contributed by atoms with Crippen LogP contribution in [0.1, 0.15) is 51.6 Å². The zero-order valence-electron chi connectivity index (χ0n) is 28.1. The molecule has 0 aliphatic carbocycles. The molecule has 0 radical (unpaired) electrons. The second-order valence-corrected chi connectivity index (χ2v) is 14.1. The summed E-state index contributed by atoms with van der Waals surface area (Å²) in [6.07, 6.45) is -0.364. The first-order chi connectivity index (χ1) is 23.3. The fourth-order valence-corrected chi connectivity index (χ4v) is 7.20. The molecule has 0 saturated carbocycles. The molecule has 1 aliphatic rings. The van der Waals surface area contributed by atoms with Crippen molar-refractivity contribution >= 4 is 38.9 Å². The number of carbonyl (C=O) groups is 2. The number of para-hydroxylation sites is 2. The molecule has 5 N–H and O–H groups in total. The summed E-state index contributed by atoms with van der Waals surface area (Å²) in [6, 6.07) is 18.5. The predicted octanol–water partition coefficient (Wildman–Crippen LogP) is 4.28. The molecular formula is C35H42N6O7S. The lowest BCUT2D eigenvalue weighted by Crippen LogP contribution is -2.49. The average Bonchev–Trinajstić information content (AvgIpc) is 3.42. The average molecular weight is 691 g/mol. The highest BCUT2D eigenvalue weighted by molar-refractivity contribution is 7.92. The molecule has 1 aliphatic heterocycles. The Balaban J connectivity index is 1.33. The van der Waals surface area contributed by atoms with E-state index in [1.165, 1.54) is 19.9 Å². The van der Waals surface area contributed by atoms with Crippen LogP contribution in [0.25, 0.3) is 0 Å². The molecule has 0 fully saturated rings. The van der Waals surface area contributed by atoms with Crippen LogP contribution in [-0.2, 0) is 16.6 Å². The van der Waals surface area contributed by atoms with E-state index >= 15 is 0 Å². The maximum absolute atomic E-state index is 13.8. The number of fused-ring (bicyclic) bond motifs is 1. The molecule has 2 amide bonds. The van der Waals surface area contributed by atoms with Crippen molar-refractivity contribution in [3.63, 3.8) is 0 Å². The number of nitrogens with one attached hydrogen (secondary N) is 2. The van der Waals surface area contributed by atoms with Crippen LogP contribution in [0.5, 0.6) is 5.75 Å². The van der Waals surface area contributed by atoms with Crippen LogP contribution in [0.4, 0.5) is 17.1 Å². The van der Waals surface area contributed by atoms with E-state index in [1.54, 1.807) is 60.4 Å². The third-order valence-electron chi connectivity index (χ3n) is 8.52. The molecule has 0 spiro atoms. The van der Waals surface area contributed by atoms with Gasteiger partial charge in [-0.05, 0) is 75.8 Å². The second kappa shape index (κ2) is 14.7. The third kappa shape index (κ3) is 8.04. The lowest BCUT2D eigenvalue weighted by Gasteiger charge is -2.38. The van der Waals surface area contributed by atoms with E-state index in [-0.39, 0.29) is 58.0 Å². The maximum atomic E-state index is 13.8. The van der Waals surface area contributed by atoms with Crippen LogP contribution in [0, 0.1) is 19.8 Å². The summed E-state index contributed by atoms with van der Waals surface area (Å²) in [5.74, 6) is -0.311. The second-order valence-electron chi connectivity index (χ2n) is 12.5. The fourth-order valence-electron chi connectivity index (χ4n) is 5.82. The molecule has 3 aromatic carbocycles. The number of nitrogen functional groups attached to an aromatic ring is 1. The van der Waals surface area contributed by atoms with Gasteiger partial charge in [-0.1, -0.05) is 36.3 Å². The van der Waals surface area contributed by atoms with Crippen molar-refractivity contribution in [2.75, 3.05) is 42.5 Å². The number of nitrogens with zero attached hydrogens (tertiary/aromatic N) is 3. The predicted molar refractivity (Wildman–Crippen MR) is 186 cm³/mol. The van der Waals surface area contributed by atoms with Gasteiger partial charge in [-0.15, -0.1) is 0 Å². The minimum Gasteiger partial charge on any atom is -0.488 e. The molecule has 0 unspecified atom stereocenters. The van der Waals surface area contributed by atoms with Crippen molar-refractivity contribution in [2.45, 2.75) is 51.3 Å². The minimum absolute atomic E-state index is 0.0652. The van der Waals surface area contributed by atoms with Gasteiger partial charge in [0.1, 0.15) is 17.5 Å². The molecule has 13 nitrogen and oxygen atoms in total. The van der Waals surface area contributed by atoms with Gasteiger partial charge >= 0.3 is 0 Å². The Kier molecular flexibility index (Phi) is 10.6. The van der Waals surface area contributed by atoms with Gasteiger partial charge in [0.2, 0.25) is 0 Å². The zero-order chi connectivity index (χ0) is 35.5. The van der Waals surface area contributed by atoms with E-state index in [2.05, 4.69) is 20.1 Å². The van der Waals surface area contributed by atoms with E-state index in [1.807, 2.05) is 26.1 Å². The number of amides is 2. The summed E-state index contributed by atoms with van der Waals surface area (Å²) in [7, 11) is -2.10. The Bertz CT molecular complexity index is 1910. The number of rotatable bonds is 11. The monoisotopic (exact) mass is 690 g/mol. The maximum Gasteiger partial charge on any atom is 0.267 e. The number of hydrogen-bond donors (Lipinski definition) is 4. The van der Waals surface area contributed by atoms with Crippen LogP contribution in [0.15, 0.2) is 76.1 Å². The lowest BCUT2D eigenvalue weighted by atomic mass is 9.99. The van der Waals surface area contributed by atoms with Crippen molar-refractivity contribution in [1.29, 1.82) is 0 Å². The molecular weight excluding hydrogens is 648 g/mol. The van der Waals surface area contributed by atoms with Crippen molar-refractivity contribution in [1.82, 2.24) is 15.0 Å². The highest BCUT2D eigenvalue weighted by Crippen LogP contribution is 2.32. The van der Waals surface area contributed by atoms with Gasteiger partial charge in [0.15, 0.2) is 10.7 Å². The summed E-state index contributed by atoms with van der Waals surface area (Å²) in [5.41, 5.74) is 9.03. The van der Waals surface area contributed by atoms with Crippen LogP contribution in [0.2, 0.25) is 0 Å². The quantitative estimate of drug-likeness (QED) is 0.166. The van der Waals surface area contributed by atoms with Crippen LogP contribution in [-0.4, -0.2) is 79.2 Å². The molecule has 1 aromatic heterocycles. The van der Waals surface area contributed by atoms with Gasteiger partial charge in [-0.3, -0.25) is 19.2 Å². The SMILES string of the molecule is Cc1noc(C)c1S(=O)(=O)Nc1ccc2c(c1)C(=O)N([C@H](C)CO)C[C@@H](C)[C@@H](CN(C)Cc1ccc(C(=O)Nc3ccccc3N)cc1)O2. The Morgan fingerprint density at radius 2 is 1.86 bits per heavy atom. The number of aliphatic hydroxyl groups excluding tert-OH is 1. The van der Waals surface area contributed by atoms with Gasteiger partial charge in [0, 0.05) is 36.8 Å². The number of aryl methyl sites for hydroxylation is 2. The topological polar surface area (TPSA) is 180 Å². The number of anilines is 3. The number of benzene rings is 3. The van der Waals surface area contributed by atoms with Crippen LogP contribution in [0.3, 0.4) is 0 Å². The molecule has 5 rings (SSSR count). The van der Waals surface area contributed by atoms with Crippen LogP contribution < -0.4 is 20.5 Å². The minimum atomic E-state index is -4.06. The molecule has 49 heavy (non-hydrogen) atoms. The number of likely N-dealkylation sites (N-methyl/N-ethyl adjacent to an activating group) is 1. The number of ether oxygens (including phenoxy) is 1. The molecule has 0 bridgehead atoms. The summed E-state index contributed by atoms with van der Waals surface area (Å²) in [5, 5.41) is 16.6. The van der Waals surface area contributed by atoms with E-state index in [0.29, 0.717) is 42.3 Å². The molecule has 4 aromatic rings. The van der Waals surface area contributed by atoms with E-state index < -0.39 is 16.1 Å². The van der Waals surface area contributed by atoms with Crippen molar-refractivity contribution in [2.24, 2.45) is 5.92 Å². The van der Waals surface area contributed by atoms with Gasteiger partial charge in [0.05, 0.1) is 29.6 Å². The zero-order valence-corrected chi connectivity index (χ0v) is 29.0. The van der Waals surface area contributed by atoms with E-state index in [4.69, 9.17) is 15.0 Å². The molecule has 260 valence electrons. The van der Waals surface area contributed by atoms with Crippen molar-refractivity contribution in [3.8, 4) is 5.75 Å². The highest BCUT2D eigenvalue weighted by Gasteiger charge is 2.34. The third-order valence-corrected chi connectivity index (χ3v) is 10.1. The summed E-state index contributed by atoms with van der Waals surface area (Å²) < 4.78 is 40.5. The largest absolute Gasteiger partial charge is 0.488 e. The number of carbonyl (C=O) groups excluding carboxylic acids is 2. The van der Waals surface area contributed by atoms with Crippen molar-refractivity contribution in [3.05, 3.63) is 94.9 Å². The smallest absolute Gasteiger partial charge is 0.267 e. The number of hydrogen-bond acceptors (Lipinski definition) is 10. The Morgan fingerprint density at radius 3 is 2.51 bits per heavy atom. The van der Waals surface area contributed by atoms with Gasteiger partial charge in [0.25, 0.3) is 21.8 Å². The lowest BCUT2D eigenvalue weighted by molar-refractivity contribution is 0.0341. The van der Waals surface area contributed by atoms with Gasteiger partial charge in [-0.25, -0.2) is 8.42 Å². The fraction of sp³-hybridized carbons (Fsp3) is 0.343. The van der Waals surface area contributed by atoms with Gasteiger partial charge < -0.3 is 30.3 Å². The summed E-state index contributed by atoms with van der Waals surface area (Å²) >= 11 is 0.